The number of rotatable bonds is 8. The van der Waals surface area contributed by atoms with Crippen LogP contribution in [0.4, 0.5) is 17.1 Å². The topological polar surface area (TPSA) is 64.3 Å². The van der Waals surface area contributed by atoms with E-state index in [2.05, 4.69) is 120 Å². The Morgan fingerprint density at radius 1 is 0.587 bits per heavy atom. The predicted octanol–water partition coefficient (Wildman–Crippen LogP) is 11.4. The highest BCUT2D eigenvalue weighted by molar-refractivity contribution is 7.19. The van der Waals surface area contributed by atoms with Crippen LogP contribution in [0.25, 0.3) is 48.2 Å². The monoisotopic (exact) mass is 630 g/mol. The Kier molecular flexibility index (Phi) is 8.01. The minimum atomic E-state index is -1.22. The summed E-state index contributed by atoms with van der Waals surface area (Å²) in [6, 6.07) is 52.2. The van der Waals surface area contributed by atoms with Gasteiger partial charge in [0.25, 0.3) is 0 Å². The lowest BCUT2D eigenvalue weighted by atomic mass is 9.98. The summed E-state index contributed by atoms with van der Waals surface area (Å²) in [4.78, 5) is 17.7. The molecule has 0 fully saturated rings. The van der Waals surface area contributed by atoms with Gasteiger partial charge in [-0.15, -0.1) is 22.7 Å². The fraction of sp³-hybridized carbons (Fsp3) is 0. The number of hydrogen-bond donors (Lipinski definition) is 1. The van der Waals surface area contributed by atoms with Crippen LogP contribution in [-0.2, 0) is 4.79 Å². The second-order valence-electron chi connectivity index (χ2n) is 10.6. The molecule has 0 bridgehead atoms. The van der Waals surface area contributed by atoms with E-state index in [9.17, 15) is 9.90 Å². The van der Waals surface area contributed by atoms with Crippen molar-refractivity contribution in [3.8, 4) is 37.4 Å². The van der Waals surface area contributed by atoms with Crippen LogP contribution in [0.1, 0.15) is 4.88 Å². The first-order valence-corrected chi connectivity index (χ1v) is 16.3. The maximum atomic E-state index is 11.3. The van der Waals surface area contributed by atoms with Crippen LogP contribution in [0.3, 0.4) is 0 Å². The molecule has 0 saturated heterocycles. The lowest BCUT2D eigenvalue weighted by Gasteiger charge is -2.25. The molecule has 0 unspecified atom stereocenters. The number of anilines is 3. The zero-order valence-corrected chi connectivity index (χ0v) is 26.1. The highest BCUT2D eigenvalue weighted by Crippen LogP contribution is 2.43. The molecule has 220 valence electrons. The van der Waals surface area contributed by atoms with Gasteiger partial charge in [-0.1, -0.05) is 84.9 Å². The SMILES string of the molecule is N#C/C(=C\c1ccc(-c2ccc(-c3ccc(-c4ccc(N(c5ccccc5)c5ccccc5)cc4)s3)c3ccccc23)s1)C(=O)O. The number of carboxylic acids is 1. The number of carbonyl (C=O) groups is 1. The number of para-hydroxylation sites is 2. The smallest absolute Gasteiger partial charge is 0.346 e. The molecular formula is C40H26N2O2S2. The summed E-state index contributed by atoms with van der Waals surface area (Å²) in [6.07, 6.45) is 1.42. The summed E-state index contributed by atoms with van der Waals surface area (Å²) in [5.74, 6) is -1.22. The van der Waals surface area contributed by atoms with Gasteiger partial charge in [0.15, 0.2) is 0 Å². The summed E-state index contributed by atoms with van der Waals surface area (Å²) < 4.78 is 0. The van der Waals surface area contributed by atoms with Gasteiger partial charge in [-0.25, -0.2) is 4.79 Å². The molecule has 0 aliphatic rings. The maximum Gasteiger partial charge on any atom is 0.346 e. The number of nitriles is 1. The average Bonchev–Trinajstić information content (AvgIpc) is 3.79. The largest absolute Gasteiger partial charge is 0.477 e. The molecule has 0 spiro atoms. The van der Waals surface area contributed by atoms with Crippen molar-refractivity contribution in [1.29, 1.82) is 5.26 Å². The summed E-state index contributed by atoms with van der Waals surface area (Å²) in [5.41, 5.74) is 6.45. The predicted molar refractivity (Wildman–Crippen MR) is 192 cm³/mol. The van der Waals surface area contributed by atoms with E-state index in [-0.39, 0.29) is 5.57 Å². The molecule has 7 rings (SSSR count). The molecule has 6 heteroatoms. The highest BCUT2D eigenvalue weighted by Gasteiger charge is 2.15. The van der Waals surface area contributed by atoms with E-state index in [0.29, 0.717) is 0 Å². The molecule has 0 radical (unpaired) electrons. The number of carboxylic acid groups (broad SMARTS) is 1. The van der Waals surface area contributed by atoms with E-state index in [1.807, 2.05) is 30.3 Å². The first-order valence-electron chi connectivity index (χ1n) is 14.7. The van der Waals surface area contributed by atoms with E-state index in [1.165, 1.54) is 38.3 Å². The Labute approximate surface area is 275 Å². The first-order chi connectivity index (χ1) is 22.6. The Morgan fingerprint density at radius 2 is 1.09 bits per heavy atom. The van der Waals surface area contributed by atoms with Crippen molar-refractivity contribution >= 4 is 62.6 Å². The third kappa shape index (κ3) is 5.73. The van der Waals surface area contributed by atoms with Crippen LogP contribution in [-0.4, -0.2) is 11.1 Å². The van der Waals surface area contributed by atoms with Crippen LogP contribution in [0, 0.1) is 11.3 Å². The van der Waals surface area contributed by atoms with Crippen LogP contribution in [0.15, 0.2) is 151 Å². The molecular weight excluding hydrogens is 605 g/mol. The molecule has 0 aliphatic heterocycles. The number of thiophene rings is 2. The maximum absolute atomic E-state index is 11.3. The minimum Gasteiger partial charge on any atom is -0.477 e. The Balaban J connectivity index is 1.20. The molecule has 5 aromatic carbocycles. The lowest BCUT2D eigenvalue weighted by molar-refractivity contribution is -0.132. The van der Waals surface area contributed by atoms with Crippen LogP contribution >= 0.6 is 22.7 Å². The van der Waals surface area contributed by atoms with Gasteiger partial charge in [0, 0.05) is 36.6 Å². The third-order valence-electron chi connectivity index (χ3n) is 7.76. The van der Waals surface area contributed by atoms with Gasteiger partial charge in [0.2, 0.25) is 0 Å². The van der Waals surface area contributed by atoms with Gasteiger partial charge < -0.3 is 10.0 Å². The number of aliphatic carboxylic acids is 1. The summed E-state index contributed by atoms with van der Waals surface area (Å²) >= 11 is 3.25. The second-order valence-corrected chi connectivity index (χ2v) is 12.8. The molecule has 46 heavy (non-hydrogen) atoms. The van der Waals surface area contributed by atoms with Crippen molar-refractivity contribution in [2.24, 2.45) is 0 Å². The number of fused-ring (bicyclic) bond motifs is 1. The van der Waals surface area contributed by atoms with Crippen molar-refractivity contribution < 1.29 is 9.90 Å². The Morgan fingerprint density at radius 3 is 1.65 bits per heavy atom. The Hall–Kier alpha value is -5.74. The van der Waals surface area contributed by atoms with Crippen molar-refractivity contribution in [1.82, 2.24) is 0 Å². The van der Waals surface area contributed by atoms with Gasteiger partial charge in [0.05, 0.1) is 0 Å². The summed E-state index contributed by atoms with van der Waals surface area (Å²) in [7, 11) is 0. The minimum absolute atomic E-state index is 0.276. The lowest BCUT2D eigenvalue weighted by Crippen LogP contribution is -2.09. The van der Waals surface area contributed by atoms with Crippen LogP contribution < -0.4 is 4.90 Å². The summed E-state index contributed by atoms with van der Waals surface area (Å²) in [6.45, 7) is 0. The molecule has 0 amide bonds. The van der Waals surface area contributed by atoms with E-state index < -0.39 is 5.97 Å². The van der Waals surface area contributed by atoms with E-state index in [0.717, 1.165) is 43.2 Å². The molecule has 0 atom stereocenters. The van der Waals surface area contributed by atoms with Crippen molar-refractivity contribution in [2.75, 3.05) is 4.90 Å². The second kappa shape index (κ2) is 12.7. The third-order valence-corrected chi connectivity index (χ3v) is 10.00. The molecule has 1 N–H and O–H groups in total. The quantitative estimate of drug-likeness (QED) is 0.134. The zero-order chi connectivity index (χ0) is 31.5. The molecule has 0 saturated carbocycles. The highest BCUT2D eigenvalue weighted by atomic mass is 32.1. The molecule has 2 aromatic heterocycles. The van der Waals surface area contributed by atoms with Gasteiger partial charge in [-0.2, -0.15) is 5.26 Å². The van der Waals surface area contributed by atoms with E-state index in [4.69, 9.17) is 5.26 Å². The van der Waals surface area contributed by atoms with E-state index in [1.54, 1.807) is 17.4 Å². The molecule has 2 heterocycles. The molecule has 4 nitrogen and oxygen atoms in total. The fourth-order valence-corrected chi connectivity index (χ4v) is 7.64. The standard InChI is InChI=1S/C40H26N2O2S2/c41-26-28(40(43)44)25-32-19-22-38(45-32)35-20-21-36(34-14-8-7-13-33(34)35)39-24-23-37(46-39)27-15-17-31(18-16-27)42(29-9-3-1-4-10-29)30-11-5-2-6-12-30/h1-25H,(H,43,44)/b28-25+. The van der Waals surface area contributed by atoms with Crippen molar-refractivity contribution in [3.63, 3.8) is 0 Å². The zero-order valence-electron chi connectivity index (χ0n) is 24.5. The fourth-order valence-electron chi connectivity index (χ4n) is 5.60. The first kappa shape index (κ1) is 29.0. The summed E-state index contributed by atoms with van der Waals surface area (Å²) in [5, 5.41) is 20.7. The normalized spacial score (nSPS) is 11.3. The number of hydrogen-bond acceptors (Lipinski definition) is 5. The van der Waals surface area contributed by atoms with Gasteiger partial charge in [-0.3, -0.25) is 0 Å². The number of benzene rings is 5. The van der Waals surface area contributed by atoms with Gasteiger partial charge in [0.1, 0.15) is 11.6 Å². The van der Waals surface area contributed by atoms with Gasteiger partial charge in [-0.05, 0) is 94.2 Å². The molecule has 0 aliphatic carbocycles. The number of nitrogens with zero attached hydrogens (tertiary/aromatic N) is 2. The van der Waals surface area contributed by atoms with E-state index >= 15 is 0 Å². The van der Waals surface area contributed by atoms with Crippen molar-refractivity contribution in [2.45, 2.75) is 0 Å². The van der Waals surface area contributed by atoms with Crippen molar-refractivity contribution in [3.05, 3.63) is 156 Å². The van der Waals surface area contributed by atoms with Gasteiger partial charge >= 0.3 is 5.97 Å². The molecule has 7 aromatic rings. The Bertz CT molecular complexity index is 2200. The van der Waals surface area contributed by atoms with Crippen LogP contribution in [0.2, 0.25) is 0 Å². The average molecular weight is 631 g/mol. The van der Waals surface area contributed by atoms with Crippen LogP contribution in [0.5, 0.6) is 0 Å².